The van der Waals surface area contributed by atoms with Gasteiger partial charge in [0.1, 0.15) is 0 Å². The first-order valence-corrected chi connectivity index (χ1v) is 6.49. The highest BCUT2D eigenvalue weighted by molar-refractivity contribution is 6.31. The fourth-order valence-electron chi connectivity index (χ4n) is 1.76. The van der Waals surface area contributed by atoms with Crippen LogP contribution in [0.2, 0.25) is 5.02 Å². The summed E-state index contributed by atoms with van der Waals surface area (Å²) in [5, 5.41) is 12.2. The van der Waals surface area contributed by atoms with Gasteiger partial charge in [0.2, 0.25) is 0 Å². The number of carbonyl (C=O) groups excluding carboxylic acids is 1. The fraction of sp³-hybridized carbons (Fsp3) is 0.500. The van der Waals surface area contributed by atoms with Crippen LogP contribution in [0.3, 0.4) is 0 Å². The SMILES string of the molecule is CC(C)(C)CC(O)CNC(=O)c1cccc(Cl)c1F. The van der Waals surface area contributed by atoms with E-state index in [1.54, 1.807) is 0 Å². The van der Waals surface area contributed by atoms with Crippen LogP contribution in [-0.2, 0) is 0 Å². The quantitative estimate of drug-likeness (QED) is 0.894. The molecule has 0 aliphatic rings. The average Bonchev–Trinajstić information content (AvgIpc) is 2.27. The standard InChI is InChI=1S/C14H19ClFNO2/c1-14(2,3)7-9(18)8-17-13(19)10-5-4-6-11(15)12(10)16/h4-6,9,18H,7-8H2,1-3H3,(H,17,19). The lowest BCUT2D eigenvalue weighted by Crippen LogP contribution is -2.34. The summed E-state index contributed by atoms with van der Waals surface area (Å²) in [5.41, 5.74) is -0.152. The molecule has 0 heterocycles. The van der Waals surface area contributed by atoms with Gasteiger partial charge in [-0.1, -0.05) is 38.4 Å². The van der Waals surface area contributed by atoms with Crippen molar-refractivity contribution in [2.24, 2.45) is 5.41 Å². The fourth-order valence-corrected chi connectivity index (χ4v) is 1.94. The number of aliphatic hydroxyl groups is 1. The van der Waals surface area contributed by atoms with Gasteiger partial charge < -0.3 is 10.4 Å². The third kappa shape index (κ3) is 5.17. The molecule has 0 aromatic heterocycles. The molecular formula is C14H19ClFNO2. The Hall–Kier alpha value is -1.13. The first-order chi connectivity index (χ1) is 8.70. The number of hydrogen-bond acceptors (Lipinski definition) is 2. The molecule has 3 nitrogen and oxygen atoms in total. The second kappa shape index (κ2) is 6.35. The summed E-state index contributed by atoms with van der Waals surface area (Å²) < 4.78 is 13.6. The summed E-state index contributed by atoms with van der Waals surface area (Å²) in [5.74, 6) is -1.32. The first-order valence-electron chi connectivity index (χ1n) is 6.11. The summed E-state index contributed by atoms with van der Waals surface area (Å²) in [6, 6.07) is 4.24. The van der Waals surface area contributed by atoms with Gasteiger partial charge in [-0.15, -0.1) is 0 Å². The van der Waals surface area contributed by atoms with Crippen LogP contribution < -0.4 is 5.32 Å². The Kier molecular flexibility index (Phi) is 5.32. The van der Waals surface area contributed by atoms with E-state index in [0.717, 1.165) is 0 Å². The van der Waals surface area contributed by atoms with E-state index in [0.29, 0.717) is 6.42 Å². The number of rotatable bonds is 4. The normalized spacial score (nSPS) is 13.2. The lowest BCUT2D eigenvalue weighted by molar-refractivity contribution is 0.0865. The highest BCUT2D eigenvalue weighted by Gasteiger charge is 2.19. The first kappa shape index (κ1) is 15.9. The van der Waals surface area contributed by atoms with Gasteiger partial charge in [0.15, 0.2) is 5.82 Å². The maximum absolute atomic E-state index is 13.6. The van der Waals surface area contributed by atoms with Crippen LogP contribution in [0.5, 0.6) is 0 Å². The van der Waals surface area contributed by atoms with Gasteiger partial charge in [0, 0.05) is 6.54 Å². The molecule has 5 heteroatoms. The van der Waals surface area contributed by atoms with Crippen molar-refractivity contribution >= 4 is 17.5 Å². The molecule has 1 atom stereocenters. The number of amides is 1. The Morgan fingerprint density at radius 3 is 2.68 bits per heavy atom. The molecule has 1 amide bonds. The molecule has 0 bridgehead atoms. The molecule has 0 aliphatic carbocycles. The highest BCUT2D eigenvalue weighted by atomic mass is 35.5. The molecule has 106 valence electrons. The zero-order valence-electron chi connectivity index (χ0n) is 11.3. The van der Waals surface area contributed by atoms with Crippen LogP contribution in [0.1, 0.15) is 37.6 Å². The second-order valence-electron chi connectivity index (χ2n) is 5.73. The van der Waals surface area contributed by atoms with Crippen molar-refractivity contribution in [3.63, 3.8) is 0 Å². The third-order valence-electron chi connectivity index (χ3n) is 2.54. The van der Waals surface area contributed by atoms with E-state index < -0.39 is 17.8 Å². The molecule has 1 rings (SSSR count). The number of nitrogens with one attached hydrogen (secondary N) is 1. The Labute approximate surface area is 117 Å². The van der Waals surface area contributed by atoms with Gasteiger partial charge in [-0.05, 0) is 24.0 Å². The van der Waals surface area contributed by atoms with E-state index >= 15 is 0 Å². The van der Waals surface area contributed by atoms with Crippen molar-refractivity contribution in [2.45, 2.75) is 33.3 Å². The van der Waals surface area contributed by atoms with Crippen LogP contribution in [0.4, 0.5) is 4.39 Å². The van der Waals surface area contributed by atoms with E-state index in [-0.39, 0.29) is 22.5 Å². The molecule has 19 heavy (non-hydrogen) atoms. The molecule has 0 radical (unpaired) electrons. The minimum absolute atomic E-state index is 0.0363. The molecule has 0 saturated heterocycles. The largest absolute Gasteiger partial charge is 0.391 e. The predicted molar refractivity (Wildman–Crippen MR) is 73.8 cm³/mol. The van der Waals surface area contributed by atoms with Crippen molar-refractivity contribution in [3.8, 4) is 0 Å². The van der Waals surface area contributed by atoms with Gasteiger partial charge in [0.05, 0.1) is 16.7 Å². The Bertz CT molecular complexity index is 457. The topological polar surface area (TPSA) is 49.3 Å². The minimum Gasteiger partial charge on any atom is -0.391 e. The summed E-state index contributed by atoms with van der Waals surface area (Å²) in [6.07, 6.45) is -0.114. The third-order valence-corrected chi connectivity index (χ3v) is 2.83. The van der Waals surface area contributed by atoms with Crippen LogP contribution in [0.15, 0.2) is 18.2 Å². The number of carbonyl (C=O) groups is 1. The Balaban J connectivity index is 2.59. The van der Waals surface area contributed by atoms with Crippen molar-refractivity contribution in [3.05, 3.63) is 34.6 Å². The molecular weight excluding hydrogens is 269 g/mol. The summed E-state index contributed by atoms with van der Waals surface area (Å²) in [7, 11) is 0. The smallest absolute Gasteiger partial charge is 0.254 e. The Morgan fingerprint density at radius 1 is 1.47 bits per heavy atom. The van der Waals surface area contributed by atoms with Crippen LogP contribution >= 0.6 is 11.6 Å². The van der Waals surface area contributed by atoms with Gasteiger partial charge in [-0.25, -0.2) is 4.39 Å². The molecule has 2 N–H and O–H groups in total. The molecule has 1 unspecified atom stereocenters. The van der Waals surface area contributed by atoms with E-state index in [1.165, 1.54) is 18.2 Å². The lowest BCUT2D eigenvalue weighted by Gasteiger charge is -2.22. The van der Waals surface area contributed by atoms with Crippen LogP contribution in [-0.4, -0.2) is 23.7 Å². The molecule has 1 aromatic carbocycles. The lowest BCUT2D eigenvalue weighted by atomic mass is 9.89. The van der Waals surface area contributed by atoms with Crippen molar-refractivity contribution in [1.82, 2.24) is 5.32 Å². The summed E-state index contributed by atoms with van der Waals surface area (Å²) in [6.45, 7) is 6.07. The van der Waals surface area contributed by atoms with E-state index in [4.69, 9.17) is 11.6 Å². The van der Waals surface area contributed by atoms with Crippen molar-refractivity contribution in [2.75, 3.05) is 6.54 Å². The Morgan fingerprint density at radius 2 is 2.11 bits per heavy atom. The van der Waals surface area contributed by atoms with Crippen LogP contribution in [0, 0.1) is 11.2 Å². The van der Waals surface area contributed by atoms with Gasteiger partial charge in [0.25, 0.3) is 5.91 Å². The summed E-state index contributed by atoms with van der Waals surface area (Å²) >= 11 is 5.60. The van der Waals surface area contributed by atoms with Gasteiger partial charge >= 0.3 is 0 Å². The summed E-state index contributed by atoms with van der Waals surface area (Å²) in [4.78, 5) is 11.8. The molecule has 0 saturated carbocycles. The van der Waals surface area contributed by atoms with E-state index in [2.05, 4.69) is 5.32 Å². The maximum atomic E-state index is 13.6. The predicted octanol–water partition coefficient (Wildman–Crippen LogP) is 3.01. The van der Waals surface area contributed by atoms with E-state index in [9.17, 15) is 14.3 Å². The molecule has 1 aromatic rings. The minimum atomic E-state index is -0.744. The monoisotopic (exact) mass is 287 g/mol. The maximum Gasteiger partial charge on any atom is 0.254 e. The molecule has 0 aliphatic heterocycles. The molecule has 0 spiro atoms. The van der Waals surface area contributed by atoms with Gasteiger partial charge in [-0.3, -0.25) is 4.79 Å². The van der Waals surface area contributed by atoms with Crippen molar-refractivity contribution < 1.29 is 14.3 Å². The highest BCUT2D eigenvalue weighted by Crippen LogP contribution is 2.21. The van der Waals surface area contributed by atoms with Crippen LogP contribution in [0.25, 0.3) is 0 Å². The average molecular weight is 288 g/mol. The van der Waals surface area contributed by atoms with Crippen molar-refractivity contribution in [1.29, 1.82) is 0 Å². The number of hydrogen-bond donors (Lipinski definition) is 2. The molecule has 0 fully saturated rings. The van der Waals surface area contributed by atoms with Gasteiger partial charge in [-0.2, -0.15) is 0 Å². The van der Waals surface area contributed by atoms with E-state index in [1.807, 2.05) is 20.8 Å². The zero-order valence-corrected chi connectivity index (χ0v) is 12.1. The second-order valence-corrected chi connectivity index (χ2v) is 6.14. The zero-order chi connectivity index (χ0) is 14.6. The number of benzene rings is 1. The number of halogens is 2. The number of aliphatic hydroxyl groups excluding tert-OH is 1.